The first-order valence-corrected chi connectivity index (χ1v) is 13.4. The van der Waals surface area contributed by atoms with Gasteiger partial charge in [0.15, 0.2) is 0 Å². The smallest absolute Gasteiger partial charge is 0.267 e. The number of pyridine rings is 1. The second kappa shape index (κ2) is 10.5. The molecular weight excluding hydrogens is 506 g/mol. The van der Waals surface area contributed by atoms with Crippen LogP contribution in [-0.2, 0) is 16.0 Å². The third-order valence-electron chi connectivity index (χ3n) is 6.88. The molecule has 0 aliphatic carbocycles. The summed E-state index contributed by atoms with van der Waals surface area (Å²) in [5.41, 5.74) is 8.15. The number of nitrogens with zero attached hydrogens (tertiary/aromatic N) is 4. The maximum absolute atomic E-state index is 13.7. The summed E-state index contributed by atoms with van der Waals surface area (Å²) in [4.78, 5) is 47.6. The van der Waals surface area contributed by atoms with E-state index in [2.05, 4.69) is 0 Å². The van der Waals surface area contributed by atoms with Gasteiger partial charge >= 0.3 is 0 Å². The van der Waals surface area contributed by atoms with Gasteiger partial charge in [0.1, 0.15) is 15.8 Å². The fraction of sp³-hybridized carbons (Fsp3) is 0.296. The number of carbonyl (C=O) groups is 2. The van der Waals surface area contributed by atoms with Crippen molar-refractivity contribution in [3.8, 4) is 0 Å². The van der Waals surface area contributed by atoms with Gasteiger partial charge in [0.25, 0.3) is 11.5 Å². The minimum absolute atomic E-state index is 0.191. The maximum Gasteiger partial charge on any atom is 0.267 e. The number of nitrogens with two attached hydrogens (primary N) is 1. The normalized spacial score (nSPS) is 17.8. The van der Waals surface area contributed by atoms with Crippen LogP contribution in [0.25, 0.3) is 11.7 Å². The average molecular weight is 534 g/mol. The molecule has 2 N–H and O–H groups in total. The highest BCUT2D eigenvalue weighted by Crippen LogP contribution is 2.34. The molecule has 5 rings (SSSR count). The number of benzene rings is 1. The van der Waals surface area contributed by atoms with Crippen LogP contribution >= 0.6 is 24.0 Å². The number of fused-ring (bicyclic) bond motifs is 1. The summed E-state index contributed by atoms with van der Waals surface area (Å²) in [7, 11) is 0. The van der Waals surface area contributed by atoms with Crippen LogP contribution in [0.4, 0.5) is 5.82 Å². The molecule has 190 valence electrons. The van der Waals surface area contributed by atoms with Gasteiger partial charge in [-0.2, -0.15) is 0 Å². The van der Waals surface area contributed by atoms with E-state index >= 15 is 0 Å². The topological polar surface area (TPSA) is 101 Å². The molecule has 0 radical (unpaired) electrons. The Morgan fingerprint density at radius 2 is 1.89 bits per heavy atom. The van der Waals surface area contributed by atoms with Crippen molar-refractivity contribution in [3.63, 3.8) is 0 Å². The quantitative estimate of drug-likeness (QED) is 0.384. The first-order valence-electron chi connectivity index (χ1n) is 12.2. The van der Waals surface area contributed by atoms with Gasteiger partial charge in [0, 0.05) is 31.7 Å². The number of thioether (sulfide) groups is 1. The second-order valence-corrected chi connectivity index (χ2v) is 10.9. The van der Waals surface area contributed by atoms with Gasteiger partial charge in [0.05, 0.1) is 10.5 Å². The largest absolute Gasteiger partial charge is 0.369 e. The Hall–Kier alpha value is -3.50. The lowest BCUT2D eigenvalue weighted by Gasteiger charge is -2.32. The Bertz CT molecular complexity index is 1480. The number of hydrogen-bond acceptors (Lipinski definition) is 7. The van der Waals surface area contributed by atoms with Gasteiger partial charge in [-0.1, -0.05) is 60.4 Å². The van der Waals surface area contributed by atoms with Crippen molar-refractivity contribution in [2.75, 3.05) is 24.5 Å². The number of hydrogen-bond donors (Lipinski definition) is 1. The standard InChI is InChI=1S/C27H27N5O3S2/c1-17-6-5-12-31-23(17)29-24(30-13-10-19(11-14-30)22(28)33)20(25(31)34)16-21-26(35)32(27(36)37-21)15-9-18-7-3-2-4-8-18/h2-8,12,16,19H,9-11,13-15H2,1H3,(H2,28,33)/b21-16-. The lowest BCUT2D eigenvalue weighted by Crippen LogP contribution is -2.40. The molecule has 0 unspecified atom stereocenters. The van der Waals surface area contributed by atoms with Crippen LogP contribution < -0.4 is 16.2 Å². The molecule has 2 saturated heterocycles. The van der Waals surface area contributed by atoms with Crippen molar-refractivity contribution < 1.29 is 9.59 Å². The molecule has 0 atom stereocenters. The van der Waals surface area contributed by atoms with Crippen molar-refractivity contribution >= 4 is 57.7 Å². The molecule has 2 aliphatic rings. The van der Waals surface area contributed by atoms with Crippen LogP contribution in [0, 0.1) is 12.8 Å². The van der Waals surface area contributed by atoms with E-state index in [0.717, 1.165) is 11.1 Å². The van der Waals surface area contributed by atoms with Crippen molar-refractivity contribution in [1.29, 1.82) is 0 Å². The van der Waals surface area contributed by atoms with Crippen molar-refractivity contribution in [2.24, 2.45) is 11.7 Å². The molecule has 2 fully saturated rings. The van der Waals surface area contributed by atoms with E-state index in [0.29, 0.717) is 65.2 Å². The van der Waals surface area contributed by atoms with Crippen LogP contribution in [0.1, 0.15) is 29.5 Å². The van der Waals surface area contributed by atoms with Gasteiger partial charge in [0.2, 0.25) is 5.91 Å². The van der Waals surface area contributed by atoms with Gasteiger partial charge in [-0.3, -0.25) is 23.7 Å². The Kier molecular flexibility index (Phi) is 7.12. The van der Waals surface area contributed by atoms with Crippen molar-refractivity contribution in [1.82, 2.24) is 14.3 Å². The fourth-order valence-corrected chi connectivity index (χ4v) is 6.04. The first-order chi connectivity index (χ1) is 17.8. The molecule has 2 aromatic heterocycles. The summed E-state index contributed by atoms with van der Waals surface area (Å²) in [5, 5.41) is 0. The fourth-order valence-electron chi connectivity index (χ4n) is 4.75. The second-order valence-electron chi connectivity index (χ2n) is 9.27. The molecule has 37 heavy (non-hydrogen) atoms. The van der Waals surface area contributed by atoms with Crippen molar-refractivity contribution in [2.45, 2.75) is 26.2 Å². The van der Waals surface area contributed by atoms with Crippen LogP contribution in [0.5, 0.6) is 0 Å². The highest BCUT2D eigenvalue weighted by Gasteiger charge is 2.33. The van der Waals surface area contributed by atoms with Gasteiger partial charge in [-0.25, -0.2) is 4.98 Å². The van der Waals surface area contributed by atoms with Gasteiger partial charge in [-0.15, -0.1) is 0 Å². The lowest BCUT2D eigenvalue weighted by molar-refractivity contribution is -0.123. The zero-order valence-electron chi connectivity index (χ0n) is 20.4. The number of aromatic nitrogens is 2. The summed E-state index contributed by atoms with van der Waals surface area (Å²) in [5.74, 6) is -0.194. The zero-order valence-corrected chi connectivity index (χ0v) is 22.1. The van der Waals surface area contributed by atoms with E-state index in [4.69, 9.17) is 22.9 Å². The molecule has 0 saturated carbocycles. The molecule has 0 spiro atoms. The Morgan fingerprint density at radius 3 is 2.59 bits per heavy atom. The SMILES string of the molecule is Cc1cccn2c(=O)c(/C=C3\SC(=S)N(CCc4ccccc4)C3=O)c(N3CCC(C(N)=O)CC3)nc12. The number of aryl methyl sites for hydroxylation is 1. The summed E-state index contributed by atoms with van der Waals surface area (Å²) in [6.45, 7) is 3.46. The molecule has 4 heterocycles. The summed E-state index contributed by atoms with van der Waals surface area (Å²) in [6, 6.07) is 13.6. The number of primary amides is 1. The van der Waals surface area contributed by atoms with E-state index in [-0.39, 0.29) is 23.3 Å². The Morgan fingerprint density at radius 1 is 1.16 bits per heavy atom. The number of thiocarbonyl (C=S) groups is 1. The third-order valence-corrected chi connectivity index (χ3v) is 8.25. The molecule has 1 aromatic carbocycles. The average Bonchev–Trinajstić information content (AvgIpc) is 3.17. The monoisotopic (exact) mass is 533 g/mol. The van der Waals surface area contributed by atoms with E-state index in [1.807, 2.05) is 48.2 Å². The minimum Gasteiger partial charge on any atom is -0.369 e. The molecule has 0 bridgehead atoms. The van der Waals surface area contributed by atoms with E-state index in [1.54, 1.807) is 23.2 Å². The lowest BCUT2D eigenvalue weighted by atomic mass is 9.96. The molecule has 3 aromatic rings. The minimum atomic E-state index is -0.304. The number of piperidine rings is 1. The van der Waals surface area contributed by atoms with E-state index < -0.39 is 0 Å². The van der Waals surface area contributed by atoms with Crippen molar-refractivity contribution in [3.05, 3.63) is 80.6 Å². The summed E-state index contributed by atoms with van der Waals surface area (Å²) < 4.78 is 1.98. The number of rotatable bonds is 6. The Balaban J connectivity index is 1.50. The van der Waals surface area contributed by atoms with Crippen LogP contribution in [0.3, 0.4) is 0 Å². The molecule has 10 heteroatoms. The highest BCUT2D eigenvalue weighted by molar-refractivity contribution is 8.26. The number of amides is 2. The van der Waals surface area contributed by atoms with Gasteiger partial charge < -0.3 is 10.6 Å². The van der Waals surface area contributed by atoms with Crippen LogP contribution in [0.2, 0.25) is 0 Å². The molecule has 2 amide bonds. The maximum atomic E-state index is 13.7. The Labute approximate surface area is 224 Å². The van der Waals surface area contributed by atoms with Gasteiger partial charge in [-0.05, 0) is 49.5 Å². The van der Waals surface area contributed by atoms with Crippen LogP contribution in [-0.4, -0.2) is 50.1 Å². The summed E-state index contributed by atoms with van der Waals surface area (Å²) >= 11 is 6.72. The molecule has 8 nitrogen and oxygen atoms in total. The zero-order chi connectivity index (χ0) is 26.1. The first kappa shape index (κ1) is 25.2. The van der Waals surface area contributed by atoms with E-state index in [9.17, 15) is 14.4 Å². The number of carbonyl (C=O) groups excluding carboxylic acids is 2. The number of anilines is 1. The summed E-state index contributed by atoms with van der Waals surface area (Å²) in [6.07, 6.45) is 5.17. The predicted molar refractivity (Wildman–Crippen MR) is 150 cm³/mol. The molecular formula is C27H27N5O3S2. The van der Waals surface area contributed by atoms with Crippen LogP contribution in [0.15, 0.2) is 58.4 Å². The third kappa shape index (κ3) is 5.03. The highest BCUT2D eigenvalue weighted by atomic mass is 32.2. The molecule has 2 aliphatic heterocycles. The predicted octanol–water partition coefficient (Wildman–Crippen LogP) is 3.15. The van der Waals surface area contributed by atoms with E-state index in [1.165, 1.54) is 16.2 Å².